The molecule has 0 spiro atoms. The molecule has 0 aliphatic heterocycles. The van der Waals surface area contributed by atoms with Crippen molar-refractivity contribution in [3.8, 4) is 0 Å². The van der Waals surface area contributed by atoms with Crippen molar-refractivity contribution in [2.24, 2.45) is 0 Å². The molecule has 1 aromatic carbocycles. The zero-order valence-corrected chi connectivity index (χ0v) is 11.1. The predicted molar refractivity (Wildman–Crippen MR) is 71.1 cm³/mol. The molecule has 0 aromatic heterocycles. The third-order valence-electron chi connectivity index (χ3n) is 2.57. The third-order valence-corrected chi connectivity index (χ3v) is 3.54. The first-order valence-corrected chi connectivity index (χ1v) is 7.45. The topological polar surface area (TPSA) is 29.1 Å². The van der Waals surface area contributed by atoms with Gasteiger partial charge in [0.15, 0.2) is 0 Å². The average molecular weight is 239 g/mol. The van der Waals surface area contributed by atoms with Gasteiger partial charge in [0.1, 0.15) is 0 Å². The molecule has 90 valence electrons. The number of rotatable bonds is 6. The van der Waals surface area contributed by atoms with Gasteiger partial charge in [-0.3, -0.25) is 4.21 Å². The summed E-state index contributed by atoms with van der Waals surface area (Å²) in [7, 11) is -0.721. The molecule has 2 unspecified atom stereocenters. The predicted octanol–water partition coefficient (Wildman–Crippen LogP) is 2.11. The molecule has 1 aromatic rings. The van der Waals surface area contributed by atoms with Crippen LogP contribution in [0.2, 0.25) is 0 Å². The summed E-state index contributed by atoms with van der Waals surface area (Å²) in [5.41, 5.74) is 2.65. The molecule has 3 heteroatoms. The molecule has 0 saturated heterocycles. The second-order valence-corrected chi connectivity index (χ2v) is 5.67. The van der Waals surface area contributed by atoms with E-state index in [2.05, 4.69) is 43.4 Å². The molecular formula is C13H21NOS. The van der Waals surface area contributed by atoms with Gasteiger partial charge in [0.25, 0.3) is 0 Å². The summed E-state index contributed by atoms with van der Waals surface area (Å²) < 4.78 is 11.0. The highest BCUT2D eigenvalue weighted by Gasteiger charge is 2.03. The number of nitrogens with one attached hydrogen (secondary N) is 1. The summed E-state index contributed by atoms with van der Waals surface area (Å²) in [6, 6.07) is 8.94. The van der Waals surface area contributed by atoms with Gasteiger partial charge in [0.05, 0.1) is 0 Å². The zero-order chi connectivity index (χ0) is 12.0. The van der Waals surface area contributed by atoms with E-state index in [4.69, 9.17) is 0 Å². The molecule has 0 fully saturated rings. The number of hydrogen-bond acceptors (Lipinski definition) is 2. The fourth-order valence-corrected chi connectivity index (χ4v) is 2.42. The first-order valence-electron chi connectivity index (χ1n) is 5.73. The van der Waals surface area contributed by atoms with Crippen LogP contribution in [0, 0.1) is 0 Å². The van der Waals surface area contributed by atoms with Gasteiger partial charge < -0.3 is 5.32 Å². The van der Waals surface area contributed by atoms with Crippen LogP contribution < -0.4 is 5.32 Å². The lowest BCUT2D eigenvalue weighted by Gasteiger charge is -2.12. The largest absolute Gasteiger partial charge is 0.309 e. The molecule has 1 rings (SSSR count). The Labute approximate surface area is 101 Å². The van der Waals surface area contributed by atoms with Crippen LogP contribution in [0.1, 0.15) is 25.0 Å². The van der Waals surface area contributed by atoms with Crippen molar-refractivity contribution >= 4 is 10.8 Å². The second kappa shape index (κ2) is 6.81. The van der Waals surface area contributed by atoms with Crippen molar-refractivity contribution in [3.05, 3.63) is 35.4 Å². The molecule has 1 N–H and O–H groups in total. The summed E-state index contributed by atoms with van der Waals surface area (Å²) in [4.78, 5) is 0. The summed E-state index contributed by atoms with van der Waals surface area (Å²) in [5, 5.41) is 3.37. The Bertz CT molecular complexity index is 334. The van der Waals surface area contributed by atoms with E-state index < -0.39 is 10.8 Å². The highest BCUT2D eigenvalue weighted by molar-refractivity contribution is 7.84. The first kappa shape index (κ1) is 13.4. The molecule has 0 radical (unpaired) electrons. The number of aryl methyl sites for hydroxylation is 1. The van der Waals surface area contributed by atoms with Crippen LogP contribution in [0.4, 0.5) is 0 Å². The van der Waals surface area contributed by atoms with E-state index in [0.29, 0.717) is 11.8 Å². The van der Waals surface area contributed by atoms with Gasteiger partial charge >= 0.3 is 0 Å². The maximum atomic E-state index is 11.0. The molecule has 0 aliphatic rings. The van der Waals surface area contributed by atoms with Gasteiger partial charge in [-0.1, -0.05) is 31.2 Å². The van der Waals surface area contributed by atoms with Crippen LogP contribution >= 0.6 is 0 Å². The van der Waals surface area contributed by atoms with Gasteiger partial charge in [-0.05, 0) is 24.5 Å². The summed E-state index contributed by atoms with van der Waals surface area (Å²) >= 11 is 0. The molecule has 0 amide bonds. The van der Waals surface area contributed by atoms with Gasteiger partial charge in [0.2, 0.25) is 0 Å². The van der Waals surface area contributed by atoms with Crippen molar-refractivity contribution in [1.29, 1.82) is 0 Å². The zero-order valence-electron chi connectivity index (χ0n) is 10.3. The fraction of sp³-hybridized carbons (Fsp3) is 0.538. The molecule has 2 nitrogen and oxygen atoms in total. The van der Waals surface area contributed by atoms with Gasteiger partial charge in [-0.25, -0.2) is 0 Å². The average Bonchev–Trinajstić information content (AvgIpc) is 2.26. The van der Waals surface area contributed by atoms with Crippen LogP contribution in [0.15, 0.2) is 24.3 Å². The van der Waals surface area contributed by atoms with Crippen molar-refractivity contribution in [3.63, 3.8) is 0 Å². The minimum absolute atomic E-state index is 0.302. The van der Waals surface area contributed by atoms with Crippen LogP contribution in [-0.2, 0) is 23.8 Å². The van der Waals surface area contributed by atoms with Gasteiger partial charge in [-0.2, -0.15) is 0 Å². The molecular weight excluding hydrogens is 218 g/mol. The summed E-state index contributed by atoms with van der Waals surface area (Å²) in [5.74, 6) is 0.715. The third kappa shape index (κ3) is 4.90. The molecule has 0 heterocycles. The highest BCUT2D eigenvalue weighted by Crippen LogP contribution is 2.05. The second-order valence-electron chi connectivity index (χ2n) is 4.19. The van der Waals surface area contributed by atoms with Gasteiger partial charge in [-0.15, -0.1) is 0 Å². The van der Waals surface area contributed by atoms with Crippen molar-refractivity contribution in [2.45, 2.75) is 32.9 Å². The van der Waals surface area contributed by atoms with E-state index in [0.717, 1.165) is 13.0 Å². The summed E-state index contributed by atoms with van der Waals surface area (Å²) in [6.07, 6.45) is 2.83. The van der Waals surface area contributed by atoms with Crippen molar-refractivity contribution < 1.29 is 4.21 Å². The molecule has 2 atom stereocenters. The smallest absolute Gasteiger partial charge is 0.0383 e. The van der Waals surface area contributed by atoms with Crippen LogP contribution in [0.25, 0.3) is 0 Å². The Hall–Kier alpha value is -0.670. The minimum Gasteiger partial charge on any atom is -0.309 e. The Morgan fingerprint density at radius 3 is 2.31 bits per heavy atom. The standard InChI is InChI=1S/C13H21NOS/c1-4-12-5-7-13(8-6-12)9-14-11(2)10-16(3)15/h5-8,11,14H,4,9-10H2,1-3H3. The van der Waals surface area contributed by atoms with E-state index in [1.165, 1.54) is 11.1 Å². The summed E-state index contributed by atoms with van der Waals surface area (Å²) in [6.45, 7) is 5.08. The lowest BCUT2D eigenvalue weighted by molar-refractivity contribution is 0.587. The molecule has 0 saturated carbocycles. The lowest BCUT2D eigenvalue weighted by atomic mass is 10.1. The van der Waals surface area contributed by atoms with Crippen molar-refractivity contribution in [2.75, 3.05) is 12.0 Å². The molecule has 16 heavy (non-hydrogen) atoms. The van der Waals surface area contributed by atoms with E-state index in [1.54, 1.807) is 6.26 Å². The van der Waals surface area contributed by atoms with Crippen LogP contribution in [0.3, 0.4) is 0 Å². The highest BCUT2D eigenvalue weighted by atomic mass is 32.2. The van der Waals surface area contributed by atoms with Crippen LogP contribution in [0.5, 0.6) is 0 Å². The maximum absolute atomic E-state index is 11.0. The fourth-order valence-electron chi connectivity index (χ4n) is 1.60. The van der Waals surface area contributed by atoms with Crippen LogP contribution in [-0.4, -0.2) is 22.3 Å². The Kier molecular flexibility index (Phi) is 5.71. The quantitative estimate of drug-likeness (QED) is 0.824. The number of hydrogen-bond donors (Lipinski definition) is 1. The van der Waals surface area contributed by atoms with Crippen molar-refractivity contribution in [1.82, 2.24) is 5.32 Å². The molecule has 0 aliphatic carbocycles. The Balaban J connectivity index is 2.39. The molecule has 0 bridgehead atoms. The first-order chi connectivity index (χ1) is 7.61. The maximum Gasteiger partial charge on any atom is 0.0383 e. The SMILES string of the molecule is CCc1ccc(CNC(C)CS(C)=O)cc1. The monoisotopic (exact) mass is 239 g/mol. The number of benzene rings is 1. The Morgan fingerprint density at radius 2 is 1.81 bits per heavy atom. The van der Waals surface area contributed by atoms with Gasteiger partial charge in [0, 0.05) is 35.4 Å². The normalized spacial score (nSPS) is 14.7. The van der Waals surface area contributed by atoms with E-state index in [9.17, 15) is 4.21 Å². The van der Waals surface area contributed by atoms with E-state index in [-0.39, 0.29) is 0 Å². The lowest BCUT2D eigenvalue weighted by Crippen LogP contribution is -2.30. The van der Waals surface area contributed by atoms with E-state index >= 15 is 0 Å². The van der Waals surface area contributed by atoms with E-state index in [1.807, 2.05) is 0 Å². The minimum atomic E-state index is -0.721. The Morgan fingerprint density at radius 1 is 1.25 bits per heavy atom.